The Morgan fingerprint density at radius 3 is 2.90 bits per heavy atom. The van der Waals surface area contributed by atoms with Gasteiger partial charge in [0.1, 0.15) is 5.75 Å². The normalized spacial score (nSPS) is 10.4. The van der Waals surface area contributed by atoms with E-state index in [4.69, 9.17) is 4.74 Å². The Balaban J connectivity index is 1.93. The van der Waals surface area contributed by atoms with E-state index in [2.05, 4.69) is 16.8 Å². The third-order valence-electron chi connectivity index (χ3n) is 2.92. The van der Waals surface area contributed by atoms with E-state index in [0.717, 1.165) is 18.5 Å². The van der Waals surface area contributed by atoms with Gasteiger partial charge in [0.15, 0.2) is 0 Å². The van der Waals surface area contributed by atoms with E-state index in [1.807, 2.05) is 6.07 Å². The van der Waals surface area contributed by atoms with E-state index in [1.165, 1.54) is 10.9 Å². The number of nitro groups is 1. The summed E-state index contributed by atoms with van der Waals surface area (Å²) in [6.07, 6.45) is 0.953. The van der Waals surface area contributed by atoms with Crippen molar-refractivity contribution in [3.05, 3.63) is 56.3 Å². The first-order valence-corrected chi connectivity index (χ1v) is 7.13. The molecule has 2 rings (SSSR count). The van der Waals surface area contributed by atoms with Gasteiger partial charge < -0.3 is 10.1 Å². The van der Waals surface area contributed by atoms with Crippen molar-refractivity contribution in [2.45, 2.75) is 13.0 Å². The van der Waals surface area contributed by atoms with Crippen molar-refractivity contribution in [3.8, 4) is 5.75 Å². The van der Waals surface area contributed by atoms with Gasteiger partial charge in [0.2, 0.25) is 0 Å². The number of nitrogens with zero attached hydrogens (tertiary/aromatic N) is 1. The molecule has 0 atom stereocenters. The number of benzene rings is 1. The van der Waals surface area contributed by atoms with Crippen LogP contribution in [0.2, 0.25) is 0 Å². The van der Waals surface area contributed by atoms with Crippen LogP contribution in [0.1, 0.15) is 10.4 Å². The Morgan fingerprint density at radius 2 is 2.25 bits per heavy atom. The second kappa shape index (κ2) is 7.02. The van der Waals surface area contributed by atoms with Crippen molar-refractivity contribution in [3.63, 3.8) is 0 Å². The first-order valence-electron chi connectivity index (χ1n) is 6.25. The summed E-state index contributed by atoms with van der Waals surface area (Å²) in [6.45, 7) is 1.38. The summed E-state index contributed by atoms with van der Waals surface area (Å²) < 4.78 is 5.22. The van der Waals surface area contributed by atoms with Crippen LogP contribution in [-0.4, -0.2) is 18.6 Å². The minimum Gasteiger partial charge on any atom is -0.496 e. The summed E-state index contributed by atoms with van der Waals surface area (Å²) in [7, 11) is 1.57. The highest BCUT2D eigenvalue weighted by molar-refractivity contribution is 7.09. The summed E-state index contributed by atoms with van der Waals surface area (Å²) in [5.41, 5.74) is 0.883. The summed E-state index contributed by atoms with van der Waals surface area (Å²) in [5, 5.41) is 16.1. The Kier molecular flexibility index (Phi) is 5.09. The number of rotatable bonds is 7. The van der Waals surface area contributed by atoms with Crippen molar-refractivity contribution < 1.29 is 9.66 Å². The lowest BCUT2D eigenvalue weighted by Gasteiger charge is -2.09. The Morgan fingerprint density at radius 1 is 1.40 bits per heavy atom. The Bertz CT molecular complexity index is 570. The molecule has 20 heavy (non-hydrogen) atoms. The first-order chi connectivity index (χ1) is 9.70. The molecule has 0 saturated carbocycles. The minimum atomic E-state index is -0.394. The van der Waals surface area contributed by atoms with Crippen LogP contribution in [0, 0.1) is 10.1 Å². The fraction of sp³-hybridized carbons (Fsp3) is 0.286. The van der Waals surface area contributed by atoms with Crippen LogP contribution in [0.4, 0.5) is 5.69 Å². The molecule has 0 aliphatic carbocycles. The zero-order valence-corrected chi connectivity index (χ0v) is 12.0. The molecular formula is C14H16N2O3S. The van der Waals surface area contributed by atoms with Crippen LogP contribution in [0.15, 0.2) is 35.7 Å². The molecule has 2 aromatic rings. The monoisotopic (exact) mass is 292 g/mol. The third-order valence-corrected chi connectivity index (χ3v) is 3.85. The molecule has 0 radical (unpaired) electrons. The number of thiophene rings is 1. The molecule has 1 aromatic heterocycles. The quantitative estimate of drug-likeness (QED) is 0.484. The number of hydrogen-bond acceptors (Lipinski definition) is 5. The zero-order valence-electron chi connectivity index (χ0n) is 11.2. The lowest BCUT2D eigenvalue weighted by atomic mass is 10.1. The fourth-order valence-corrected chi connectivity index (χ4v) is 2.62. The molecule has 1 aromatic carbocycles. The molecule has 0 spiro atoms. The number of nitrogens with one attached hydrogen (secondary N) is 1. The smallest absolute Gasteiger partial charge is 0.270 e. The van der Waals surface area contributed by atoms with Gasteiger partial charge in [-0.1, -0.05) is 6.07 Å². The standard InChI is InChI=1S/C14H16N2O3S/c1-19-14-5-4-12(16(17)18)9-11(14)10-15-7-6-13-3-2-8-20-13/h2-5,8-9,15H,6-7,10H2,1H3. The van der Waals surface area contributed by atoms with Crippen LogP contribution in [0.5, 0.6) is 5.75 Å². The summed E-state index contributed by atoms with van der Waals surface area (Å²) in [5.74, 6) is 0.666. The predicted octanol–water partition coefficient (Wildman–Crippen LogP) is 3.00. The SMILES string of the molecule is COc1ccc([N+](=O)[O-])cc1CNCCc1cccs1. The largest absolute Gasteiger partial charge is 0.496 e. The molecule has 106 valence electrons. The highest BCUT2D eigenvalue weighted by atomic mass is 32.1. The van der Waals surface area contributed by atoms with E-state index in [1.54, 1.807) is 30.6 Å². The van der Waals surface area contributed by atoms with Crippen LogP contribution >= 0.6 is 11.3 Å². The van der Waals surface area contributed by atoms with Crippen molar-refractivity contribution in [1.29, 1.82) is 0 Å². The molecule has 0 bridgehead atoms. The van der Waals surface area contributed by atoms with Crippen LogP contribution in [-0.2, 0) is 13.0 Å². The maximum absolute atomic E-state index is 10.8. The van der Waals surface area contributed by atoms with Crippen molar-refractivity contribution in [1.82, 2.24) is 5.32 Å². The summed E-state index contributed by atoms with van der Waals surface area (Å²) >= 11 is 1.73. The van der Waals surface area contributed by atoms with Crippen molar-refractivity contribution in [2.24, 2.45) is 0 Å². The van der Waals surface area contributed by atoms with Gasteiger partial charge in [0.05, 0.1) is 12.0 Å². The second-order valence-electron chi connectivity index (χ2n) is 4.26. The summed E-state index contributed by atoms with van der Waals surface area (Å²) in [4.78, 5) is 11.7. The maximum Gasteiger partial charge on any atom is 0.270 e. The van der Waals surface area contributed by atoms with Gasteiger partial charge in [-0.3, -0.25) is 10.1 Å². The average Bonchev–Trinajstić information content (AvgIpc) is 2.96. The molecule has 0 aliphatic rings. The molecule has 0 unspecified atom stereocenters. The van der Waals surface area contributed by atoms with E-state index >= 15 is 0 Å². The number of ether oxygens (including phenoxy) is 1. The third kappa shape index (κ3) is 3.79. The number of methoxy groups -OCH3 is 1. The van der Waals surface area contributed by atoms with Gasteiger partial charge in [0, 0.05) is 35.7 Å². The van der Waals surface area contributed by atoms with Crippen molar-refractivity contribution in [2.75, 3.05) is 13.7 Å². The van der Waals surface area contributed by atoms with Gasteiger partial charge >= 0.3 is 0 Å². The maximum atomic E-state index is 10.8. The van der Waals surface area contributed by atoms with Crippen molar-refractivity contribution >= 4 is 17.0 Å². The molecule has 0 amide bonds. The topological polar surface area (TPSA) is 64.4 Å². The predicted molar refractivity (Wildman–Crippen MR) is 79.4 cm³/mol. The van der Waals surface area contributed by atoms with Gasteiger partial charge in [-0.2, -0.15) is 0 Å². The molecule has 1 N–H and O–H groups in total. The molecule has 0 saturated heterocycles. The minimum absolute atomic E-state index is 0.0841. The molecule has 0 aliphatic heterocycles. The molecular weight excluding hydrogens is 276 g/mol. The lowest BCUT2D eigenvalue weighted by molar-refractivity contribution is -0.384. The van der Waals surface area contributed by atoms with E-state index in [9.17, 15) is 10.1 Å². The van der Waals surface area contributed by atoms with Gasteiger partial charge in [-0.05, 0) is 23.9 Å². The average molecular weight is 292 g/mol. The van der Waals surface area contributed by atoms with Crippen LogP contribution in [0.25, 0.3) is 0 Å². The lowest BCUT2D eigenvalue weighted by Crippen LogP contribution is -2.17. The van der Waals surface area contributed by atoms with Gasteiger partial charge in [-0.25, -0.2) is 0 Å². The number of nitro benzene ring substituents is 1. The van der Waals surface area contributed by atoms with Crippen LogP contribution < -0.4 is 10.1 Å². The van der Waals surface area contributed by atoms with E-state index in [-0.39, 0.29) is 5.69 Å². The first kappa shape index (κ1) is 14.5. The van der Waals surface area contributed by atoms with Crippen LogP contribution in [0.3, 0.4) is 0 Å². The highest BCUT2D eigenvalue weighted by Crippen LogP contribution is 2.23. The Hall–Kier alpha value is -1.92. The molecule has 1 heterocycles. The molecule has 0 fully saturated rings. The zero-order chi connectivity index (χ0) is 14.4. The molecule has 6 heteroatoms. The highest BCUT2D eigenvalue weighted by Gasteiger charge is 2.10. The van der Waals surface area contributed by atoms with E-state index in [0.29, 0.717) is 12.3 Å². The van der Waals surface area contributed by atoms with E-state index < -0.39 is 4.92 Å². The number of hydrogen-bond donors (Lipinski definition) is 1. The molecule has 5 nitrogen and oxygen atoms in total. The second-order valence-corrected chi connectivity index (χ2v) is 5.29. The summed E-state index contributed by atoms with van der Waals surface area (Å²) in [6, 6.07) is 8.77. The fourth-order valence-electron chi connectivity index (χ4n) is 1.91. The number of non-ortho nitro benzene ring substituents is 1. The Labute approximate surface area is 121 Å². The van der Waals surface area contributed by atoms with Gasteiger partial charge in [-0.15, -0.1) is 11.3 Å². The van der Waals surface area contributed by atoms with Gasteiger partial charge in [0.25, 0.3) is 5.69 Å².